The molecule has 0 atom stereocenters. The smallest absolute Gasteiger partial charge is 0.197 e. The average molecular weight is 288 g/mol. The maximum atomic E-state index is 12.9. The van der Waals surface area contributed by atoms with Crippen LogP contribution in [-0.2, 0) is 0 Å². The molecule has 0 amide bonds. The molecule has 0 aliphatic rings. The van der Waals surface area contributed by atoms with E-state index in [2.05, 4.69) is 6.07 Å². The first kappa shape index (κ1) is 14.6. The SMILES string of the molecule is Cc1cc(C)c(C)c(C(=O)c2c(N)cccc2Cl)c1C. The highest BCUT2D eigenvalue weighted by Gasteiger charge is 2.21. The Kier molecular flexibility index (Phi) is 3.87. The molecular formula is C17H18ClNO. The van der Waals surface area contributed by atoms with Gasteiger partial charge in [0.1, 0.15) is 0 Å². The zero-order valence-corrected chi connectivity index (χ0v) is 12.9. The summed E-state index contributed by atoms with van der Waals surface area (Å²) >= 11 is 6.16. The highest BCUT2D eigenvalue weighted by molar-refractivity contribution is 6.36. The van der Waals surface area contributed by atoms with E-state index in [0.29, 0.717) is 21.8 Å². The third kappa shape index (κ3) is 2.32. The van der Waals surface area contributed by atoms with Crippen molar-refractivity contribution in [3.8, 4) is 0 Å². The summed E-state index contributed by atoms with van der Waals surface area (Å²) in [5.41, 5.74) is 11.6. The Morgan fingerprint density at radius 1 is 1.00 bits per heavy atom. The van der Waals surface area contributed by atoms with Crippen LogP contribution in [0.3, 0.4) is 0 Å². The van der Waals surface area contributed by atoms with Crippen LogP contribution in [0.25, 0.3) is 0 Å². The number of carbonyl (C=O) groups is 1. The number of aryl methyl sites for hydroxylation is 2. The van der Waals surface area contributed by atoms with Gasteiger partial charge < -0.3 is 5.73 Å². The fourth-order valence-corrected chi connectivity index (χ4v) is 2.73. The van der Waals surface area contributed by atoms with E-state index < -0.39 is 0 Å². The highest BCUT2D eigenvalue weighted by atomic mass is 35.5. The molecular weight excluding hydrogens is 270 g/mol. The molecule has 2 aromatic rings. The molecule has 0 saturated heterocycles. The number of hydrogen-bond acceptors (Lipinski definition) is 2. The summed E-state index contributed by atoms with van der Waals surface area (Å²) in [5, 5.41) is 0.396. The van der Waals surface area contributed by atoms with Crippen molar-refractivity contribution in [2.24, 2.45) is 0 Å². The van der Waals surface area contributed by atoms with Crippen molar-refractivity contribution in [1.82, 2.24) is 0 Å². The number of halogens is 1. The molecule has 0 aromatic heterocycles. The number of nitrogens with two attached hydrogens (primary N) is 1. The first-order valence-electron chi connectivity index (χ1n) is 6.50. The minimum atomic E-state index is -0.102. The van der Waals surface area contributed by atoms with E-state index in [0.717, 1.165) is 22.3 Å². The van der Waals surface area contributed by atoms with Gasteiger partial charge in [0.2, 0.25) is 0 Å². The Balaban J connectivity index is 2.72. The number of nitrogen functional groups attached to an aromatic ring is 1. The Morgan fingerprint density at radius 3 is 2.05 bits per heavy atom. The van der Waals surface area contributed by atoms with Gasteiger partial charge >= 0.3 is 0 Å². The van der Waals surface area contributed by atoms with Gasteiger partial charge in [-0.15, -0.1) is 0 Å². The van der Waals surface area contributed by atoms with Crippen molar-refractivity contribution in [1.29, 1.82) is 0 Å². The average Bonchev–Trinajstić information content (AvgIpc) is 2.36. The van der Waals surface area contributed by atoms with Crippen LogP contribution in [0, 0.1) is 27.7 Å². The van der Waals surface area contributed by atoms with Crippen LogP contribution in [0.15, 0.2) is 24.3 Å². The molecule has 2 N–H and O–H groups in total. The molecule has 2 nitrogen and oxygen atoms in total. The fraction of sp³-hybridized carbons (Fsp3) is 0.235. The Labute approximate surface area is 124 Å². The number of rotatable bonds is 2. The van der Waals surface area contributed by atoms with Gasteiger partial charge in [-0.3, -0.25) is 4.79 Å². The van der Waals surface area contributed by atoms with Crippen LogP contribution in [0.2, 0.25) is 5.02 Å². The number of benzene rings is 2. The van der Waals surface area contributed by atoms with Crippen molar-refractivity contribution >= 4 is 23.1 Å². The van der Waals surface area contributed by atoms with Crippen LogP contribution < -0.4 is 5.73 Å². The van der Waals surface area contributed by atoms with Crippen LogP contribution in [-0.4, -0.2) is 5.78 Å². The van der Waals surface area contributed by atoms with E-state index >= 15 is 0 Å². The molecule has 0 bridgehead atoms. The lowest BCUT2D eigenvalue weighted by Gasteiger charge is -2.16. The molecule has 20 heavy (non-hydrogen) atoms. The van der Waals surface area contributed by atoms with Crippen molar-refractivity contribution in [2.75, 3.05) is 5.73 Å². The van der Waals surface area contributed by atoms with Crippen LogP contribution in [0.5, 0.6) is 0 Å². The van der Waals surface area contributed by atoms with E-state index in [1.807, 2.05) is 27.7 Å². The summed E-state index contributed by atoms with van der Waals surface area (Å²) < 4.78 is 0. The number of ketones is 1. The van der Waals surface area contributed by atoms with Crippen LogP contribution in [0.4, 0.5) is 5.69 Å². The highest BCUT2D eigenvalue weighted by Crippen LogP contribution is 2.29. The second-order valence-corrected chi connectivity index (χ2v) is 5.58. The third-order valence-electron chi connectivity index (χ3n) is 3.87. The first-order valence-corrected chi connectivity index (χ1v) is 6.88. The molecule has 104 valence electrons. The van der Waals surface area contributed by atoms with Crippen molar-refractivity contribution in [2.45, 2.75) is 27.7 Å². The van der Waals surface area contributed by atoms with Gasteiger partial charge in [0, 0.05) is 11.3 Å². The van der Waals surface area contributed by atoms with Gasteiger partial charge in [0.15, 0.2) is 5.78 Å². The van der Waals surface area contributed by atoms with E-state index in [1.54, 1.807) is 18.2 Å². The molecule has 3 heteroatoms. The summed E-state index contributed by atoms with van der Waals surface area (Å²) in [6.45, 7) is 7.94. The van der Waals surface area contributed by atoms with Gasteiger partial charge in [0.25, 0.3) is 0 Å². The molecule has 0 aliphatic carbocycles. The molecule has 0 saturated carbocycles. The topological polar surface area (TPSA) is 43.1 Å². The van der Waals surface area contributed by atoms with E-state index in [9.17, 15) is 4.79 Å². The monoisotopic (exact) mass is 287 g/mol. The van der Waals surface area contributed by atoms with Crippen molar-refractivity contribution < 1.29 is 4.79 Å². The molecule has 2 rings (SSSR count). The Morgan fingerprint density at radius 2 is 1.55 bits per heavy atom. The molecule has 0 fully saturated rings. The molecule has 0 spiro atoms. The predicted molar refractivity (Wildman–Crippen MR) is 84.7 cm³/mol. The second kappa shape index (κ2) is 5.29. The predicted octanol–water partition coefficient (Wildman–Crippen LogP) is 4.39. The normalized spacial score (nSPS) is 10.7. The van der Waals surface area contributed by atoms with Gasteiger partial charge in [-0.2, -0.15) is 0 Å². The largest absolute Gasteiger partial charge is 0.398 e. The first-order chi connectivity index (χ1) is 9.34. The maximum Gasteiger partial charge on any atom is 0.197 e. The Bertz CT molecular complexity index is 658. The summed E-state index contributed by atoms with van der Waals surface area (Å²) in [4.78, 5) is 12.9. The fourth-order valence-electron chi connectivity index (χ4n) is 2.46. The van der Waals surface area contributed by atoms with Crippen molar-refractivity contribution in [3.63, 3.8) is 0 Å². The second-order valence-electron chi connectivity index (χ2n) is 5.17. The molecule has 0 heterocycles. The van der Waals surface area contributed by atoms with Gasteiger partial charge in [-0.25, -0.2) is 0 Å². The van der Waals surface area contributed by atoms with Crippen LogP contribution in [0.1, 0.15) is 38.2 Å². The van der Waals surface area contributed by atoms with E-state index in [-0.39, 0.29) is 5.78 Å². The summed E-state index contributed by atoms with van der Waals surface area (Å²) in [6, 6.07) is 7.23. The minimum Gasteiger partial charge on any atom is -0.398 e. The lowest BCUT2D eigenvalue weighted by Crippen LogP contribution is -2.11. The van der Waals surface area contributed by atoms with Crippen LogP contribution >= 0.6 is 11.6 Å². The molecule has 0 radical (unpaired) electrons. The Hall–Kier alpha value is -1.80. The maximum absolute atomic E-state index is 12.9. The third-order valence-corrected chi connectivity index (χ3v) is 4.18. The molecule has 0 aliphatic heterocycles. The lowest BCUT2D eigenvalue weighted by atomic mass is 9.89. The van der Waals surface area contributed by atoms with Crippen molar-refractivity contribution in [3.05, 3.63) is 62.7 Å². The summed E-state index contributed by atoms with van der Waals surface area (Å²) in [7, 11) is 0. The van der Waals surface area contributed by atoms with Gasteiger partial charge in [-0.05, 0) is 62.1 Å². The van der Waals surface area contributed by atoms with E-state index in [1.165, 1.54) is 0 Å². The number of anilines is 1. The zero-order valence-electron chi connectivity index (χ0n) is 12.2. The van der Waals surface area contributed by atoms with Gasteiger partial charge in [0.05, 0.1) is 10.6 Å². The summed E-state index contributed by atoms with van der Waals surface area (Å²) in [6.07, 6.45) is 0. The number of hydrogen-bond donors (Lipinski definition) is 1. The molecule has 2 aromatic carbocycles. The van der Waals surface area contributed by atoms with Gasteiger partial charge in [-0.1, -0.05) is 23.7 Å². The lowest BCUT2D eigenvalue weighted by molar-refractivity contribution is 0.103. The quantitative estimate of drug-likeness (QED) is 0.658. The zero-order chi connectivity index (χ0) is 15.0. The molecule has 0 unspecified atom stereocenters. The minimum absolute atomic E-state index is 0.102. The standard InChI is InChI=1S/C17H18ClNO/c1-9-8-10(2)12(4)15(11(9)3)17(20)16-13(18)6-5-7-14(16)19/h5-8H,19H2,1-4H3. The number of carbonyl (C=O) groups excluding carboxylic acids is 1. The summed E-state index contributed by atoms with van der Waals surface area (Å²) in [5.74, 6) is -0.102. The van der Waals surface area contributed by atoms with E-state index in [4.69, 9.17) is 17.3 Å².